The second-order valence-electron chi connectivity index (χ2n) is 5.20. The van der Waals surface area contributed by atoms with Gasteiger partial charge in [0.1, 0.15) is 6.54 Å². The summed E-state index contributed by atoms with van der Waals surface area (Å²) in [6.07, 6.45) is 2.32. The van der Waals surface area contributed by atoms with Crippen LogP contribution in [0.15, 0.2) is 24.3 Å². The Hall–Kier alpha value is -2.21. The molecule has 1 N–H and O–H groups in total. The van der Waals surface area contributed by atoms with Crippen LogP contribution in [0.3, 0.4) is 0 Å². The zero-order valence-corrected chi connectivity index (χ0v) is 12.1. The number of Topliss-reactive ketones (excluding diaryl/α,β-unsaturated/α-hetero) is 1. The molecular weight excluding hydrogens is 286 g/mol. The van der Waals surface area contributed by atoms with Crippen molar-refractivity contribution in [2.75, 3.05) is 16.8 Å². The van der Waals surface area contributed by atoms with Crippen molar-refractivity contribution >= 4 is 39.5 Å². The fourth-order valence-electron chi connectivity index (χ4n) is 2.78. The van der Waals surface area contributed by atoms with E-state index in [1.54, 1.807) is 0 Å². The smallest absolute Gasteiger partial charge is 0.244 e. The number of benzene rings is 1. The van der Waals surface area contributed by atoms with Gasteiger partial charge >= 0.3 is 0 Å². The number of aryl methyl sites for hydroxylation is 1. The van der Waals surface area contributed by atoms with E-state index >= 15 is 0 Å². The molecule has 0 atom stereocenters. The number of thiazole rings is 1. The molecule has 0 radical (unpaired) electrons. The Morgan fingerprint density at radius 1 is 1.19 bits per heavy atom. The van der Waals surface area contributed by atoms with E-state index in [2.05, 4.69) is 10.3 Å². The van der Waals surface area contributed by atoms with E-state index in [0.717, 1.165) is 39.9 Å². The molecule has 0 saturated carbocycles. The highest BCUT2D eigenvalue weighted by Gasteiger charge is 2.28. The van der Waals surface area contributed by atoms with Crippen molar-refractivity contribution < 1.29 is 9.59 Å². The van der Waals surface area contributed by atoms with Crippen LogP contribution in [0.2, 0.25) is 0 Å². The molecule has 106 valence electrons. The van der Waals surface area contributed by atoms with E-state index in [4.69, 9.17) is 0 Å². The number of ketones is 1. The minimum atomic E-state index is -0.0619. The number of anilines is 3. The van der Waals surface area contributed by atoms with Gasteiger partial charge in [0.05, 0.1) is 21.9 Å². The normalized spacial score (nSPS) is 17.2. The zero-order chi connectivity index (χ0) is 14.4. The lowest BCUT2D eigenvalue weighted by molar-refractivity contribution is -0.115. The number of nitrogens with one attached hydrogen (secondary N) is 1. The maximum atomic E-state index is 12.0. The SMILES string of the molecule is O=C1CN(c2nc3c(s2)C(=O)CCC3)c2ccccc2N1. The monoisotopic (exact) mass is 299 g/mol. The van der Waals surface area contributed by atoms with Gasteiger partial charge < -0.3 is 10.2 Å². The maximum Gasteiger partial charge on any atom is 0.244 e. The molecule has 1 amide bonds. The van der Waals surface area contributed by atoms with Gasteiger partial charge in [-0.2, -0.15) is 0 Å². The summed E-state index contributed by atoms with van der Waals surface area (Å²) in [5.74, 6) is 0.114. The van der Waals surface area contributed by atoms with Gasteiger partial charge in [-0.25, -0.2) is 4.98 Å². The first-order chi connectivity index (χ1) is 10.2. The fourth-order valence-corrected chi connectivity index (χ4v) is 3.87. The average Bonchev–Trinajstić information content (AvgIpc) is 2.92. The Kier molecular flexibility index (Phi) is 2.78. The van der Waals surface area contributed by atoms with Crippen LogP contribution in [0.5, 0.6) is 0 Å². The lowest BCUT2D eigenvalue weighted by Gasteiger charge is -2.28. The Balaban J connectivity index is 1.80. The zero-order valence-electron chi connectivity index (χ0n) is 11.3. The molecule has 4 rings (SSSR count). The number of carbonyl (C=O) groups is 2. The summed E-state index contributed by atoms with van der Waals surface area (Å²) in [6.45, 7) is 0.234. The van der Waals surface area contributed by atoms with Gasteiger partial charge in [0.2, 0.25) is 5.91 Å². The summed E-state index contributed by atoms with van der Waals surface area (Å²) in [4.78, 5) is 31.1. The lowest BCUT2D eigenvalue weighted by Crippen LogP contribution is -2.34. The first-order valence-electron chi connectivity index (χ1n) is 6.92. The quantitative estimate of drug-likeness (QED) is 0.879. The van der Waals surface area contributed by atoms with Crippen molar-refractivity contribution in [3.8, 4) is 0 Å². The first kappa shape index (κ1) is 12.5. The van der Waals surface area contributed by atoms with Crippen molar-refractivity contribution in [3.05, 3.63) is 34.8 Å². The highest BCUT2D eigenvalue weighted by atomic mass is 32.1. The van der Waals surface area contributed by atoms with Gasteiger partial charge in [-0.15, -0.1) is 0 Å². The van der Waals surface area contributed by atoms with Gasteiger partial charge in [-0.1, -0.05) is 23.5 Å². The highest BCUT2D eigenvalue weighted by molar-refractivity contribution is 7.17. The van der Waals surface area contributed by atoms with E-state index in [9.17, 15) is 9.59 Å². The van der Waals surface area contributed by atoms with Crippen molar-refractivity contribution in [2.24, 2.45) is 0 Å². The largest absolute Gasteiger partial charge is 0.323 e. The number of fused-ring (bicyclic) bond motifs is 2. The molecule has 1 aromatic carbocycles. The minimum absolute atomic E-state index is 0.0619. The van der Waals surface area contributed by atoms with E-state index in [0.29, 0.717) is 6.42 Å². The van der Waals surface area contributed by atoms with E-state index in [1.807, 2.05) is 29.2 Å². The number of aromatic nitrogens is 1. The maximum absolute atomic E-state index is 12.0. The summed E-state index contributed by atoms with van der Waals surface area (Å²) in [6, 6.07) is 7.65. The summed E-state index contributed by atoms with van der Waals surface area (Å²) in [5.41, 5.74) is 2.60. The molecule has 0 bridgehead atoms. The van der Waals surface area contributed by atoms with Crippen LogP contribution in [0, 0.1) is 0 Å². The topological polar surface area (TPSA) is 62.3 Å². The number of hydrogen-bond acceptors (Lipinski definition) is 5. The van der Waals surface area contributed by atoms with Crippen LogP contribution in [-0.4, -0.2) is 23.2 Å². The third-order valence-electron chi connectivity index (χ3n) is 3.76. The number of rotatable bonds is 1. The van der Waals surface area contributed by atoms with Gasteiger partial charge in [0, 0.05) is 6.42 Å². The van der Waals surface area contributed by atoms with E-state index in [1.165, 1.54) is 11.3 Å². The van der Waals surface area contributed by atoms with Crippen LogP contribution < -0.4 is 10.2 Å². The predicted octanol–water partition coefficient (Wildman–Crippen LogP) is 2.75. The Morgan fingerprint density at radius 3 is 2.90 bits per heavy atom. The molecule has 1 aromatic heterocycles. The van der Waals surface area contributed by atoms with Gasteiger partial charge in [-0.05, 0) is 25.0 Å². The second kappa shape index (κ2) is 4.66. The number of carbonyl (C=O) groups excluding carboxylic acids is 2. The van der Waals surface area contributed by atoms with E-state index < -0.39 is 0 Å². The third kappa shape index (κ3) is 2.03. The molecule has 1 aliphatic carbocycles. The Morgan fingerprint density at radius 2 is 2.05 bits per heavy atom. The molecule has 1 aliphatic heterocycles. The molecule has 6 heteroatoms. The number of amides is 1. The molecule has 5 nitrogen and oxygen atoms in total. The van der Waals surface area contributed by atoms with E-state index in [-0.39, 0.29) is 18.2 Å². The Bertz CT molecular complexity index is 753. The highest BCUT2D eigenvalue weighted by Crippen LogP contribution is 2.39. The minimum Gasteiger partial charge on any atom is -0.323 e. The summed E-state index contributed by atoms with van der Waals surface area (Å²) >= 11 is 1.40. The van der Waals surface area contributed by atoms with Gasteiger partial charge in [-0.3, -0.25) is 9.59 Å². The molecule has 0 spiro atoms. The van der Waals surface area contributed by atoms with Crippen LogP contribution in [-0.2, 0) is 11.2 Å². The standard InChI is InChI=1S/C15H13N3O2S/c19-12-7-3-5-10-14(12)21-15(17-10)18-8-13(20)16-9-4-1-2-6-11(9)18/h1-2,4,6H,3,5,7-8H2,(H,16,20). The van der Waals surface area contributed by atoms with Gasteiger partial charge in [0.15, 0.2) is 10.9 Å². The molecule has 21 heavy (non-hydrogen) atoms. The second-order valence-corrected chi connectivity index (χ2v) is 6.18. The summed E-state index contributed by atoms with van der Waals surface area (Å²) in [5, 5.41) is 3.59. The molecule has 0 saturated heterocycles. The van der Waals surface area contributed by atoms with Crippen molar-refractivity contribution in [3.63, 3.8) is 0 Å². The lowest BCUT2D eigenvalue weighted by atomic mass is 10.0. The van der Waals surface area contributed by atoms with Crippen LogP contribution in [0.4, 0.5) is 16.5 Å². The van der Waals surface area contributed by atoms with Gasteiger partial charge in [0.25, 0.3) is 0 Å². The van der Waals surface area contributed by atoms with Crippen LogP contribution in [0.1, 0.15) is 28.2 Å². The number of para-hydroxylation sites is 2. The summed E-state index contributed by atoms with van der Waals surface area (Å²) < 4.78 is 0. The Labute approximate surface area is 125 Å². The number of hydrogen-bond donors (Lipinski definition) is 1. The predicted molar refractivity (Wildman–Crippen MR) is 81.5 cm³/mol. The summed E-state index contributed by atoms with van der Waals surface area (Å²) in [7, 11) is 0. The number of nitrogens with zero attached hydrogens (tertiary/aromatic N) is 2. The van der Waals surface area contributed by atoms with Crippen LogP contribution in [0.25, 0.3) is 0 Å². The fraction of sp³-hybridized carbons (Fsp3) is 0.267. The third-order valence-corrected chi connectivity index (χ3v) is 4.92. The molecule has 0 fully saturated rings. The molecule has 2 aromatic rings. The van der Waals surface area contributed by atoms with Crippen molar-refractivity contribution in [2.45, 2.75) is 19.3 Å². The van der Waals surface area contributed by atoms with Crippen LogP contribution >= 0.6 is 11.3 Å². The first-order valence-corrected chi connectivity index (χ1v) is 7.73. The van der Waals surface area contributed by atoms with Crippen molar-refractivity contribution in [1.82, 2.24) is 4.98 Å². The molecular formula is C15H13N3O2S. The molecule has 2 heterocycles. The van der Waals surface area contributed by atoms with Crippen molar-refractivity contribution in [1.29, 1.82) is 0 Å². The average molecular weight is 299 g/mol. The molecule has 0 unspecified atom stereocenters. The molecule has 2 aliphatic rings.